The van der Waals surface area contributed by atoms with Gasteiger partial charge < -0.3 is 29.2 Å². The van der Waals surface area contributed by atoms with Gasteiger partial charge in [-0.3, -0.25) is 9.59 Å². The van der Waals surface area contributed by atoms with Crippen molar-refractivity contribution < 1.29 is 48.3 Å². The maximum atomic E-state index is 12.2. The average molecular weight is 398 g/mol. The van der Waals surface area contributed by atoms with Gasteiger partial charge in [0.25, 0.3) is 0 Å². The normalized spacial score (nSPS) is 12.4. The second-order valence-electron chi connectivity index (χ2n) is 5.66. The zero-order valence-electron chi connectivity index (χ0n) is 15.5. The number of esters is 4. The Morgan fingerprint density at radius 2 is 1.04 bits per heavy atom. The number of hydrogen-bond acceptors (Lipinski definition) is 10. The third-order valence-electron chi connectivity index (χ3n) is 3.14. The summed E-state index contributed by atoms with van der Waals surface area (Å²) in [5, 5.41) is 19.2. The molecular formula is C18H22O10. The lowest BCUT2D eigenvalue weighted by atomic mass is 10.1. The predicted molar refractivity (Wildman–Crippen MR) is 92.3 cm³/mol. The molecule has 0 aliphatic rings. The summed E-state index contributed by atoms with van der Waals surface area (Å²) in [7, 11) is 0. The van der Waals surface area contributed by atoms with E-state index >= 15 is 0 Å². The van der Waals surface area contributed by atoms with Crippen LogP contribution in [0.15, 0.2) is 24.3 Å². The Morgan fingerprint density at radius 1 is 0.714 bits per heavy atom. The third-order valence-corrected chi connectivity index (χ3v) is 3.14. The first-order valence-corrected chi connectivity index (χ1v) is 8.26. The minimum atomic E-state index is -1.22. The van der Waals surface area contributed by atoms with Crippen molar-refractivity contribution in [3.05, 3.63) is 35.4 Å². The molecule has 2 atom stereocenters. The molecule has 0 saturated heterocycles. The van der Waals surface area contributed by atoms with Crippen LogP contribution in [0.2, 0.25) is 0 Å². The number of carbonyl (C=O) groups is 4. The van der Waals surface area contributed by atoms with Gasteiger partial charge in [0.15, 0.2) is 0 Å². The molecule has 0 spiro atoms. The van der Waals surface area contributed by atoms with Gasteiger partial charge in [-0.05, 0) is 12.1 Å². The van der Waals surface area contributed by atoms with Gasteiger partial charge in [0, 0.05) is 13.8 Å². The standard InChI is InChI=1S/C18H22O10/c1-11(19)25-7-13(21)9-27-17(23)15-5-3-4-6-16(15)18(24)28-10-14(22)8-26-12(2)20/h3-6,13-14,21-22H,7-10H2,1-2H3. The lowest BCUT2D eigenvalue weighted by molar-refractivity contribution is -0.145. The minimum absolute atomic E-state index is 0.110. The maximum absolute atomic E-state index is 12.2. The fourth-order valence-electron chi connectivity index (χ4n) is 1.86. The van der Waals surface area contributed by atoms with Gasteiger partial charge in [0.1, 0.15) is 38.6 Å². The molecule has 0 aliphatic carbocycles. The Kier molecular flexibility index (Phi) is 9.61. The molecule has 1 aromatic rings. The van der Waals surface area contributed by atoms with Crippen molar-refractivity contribution in [1.29, 1.82) is 0 Å². The van der Waals surface area contributed by atoms with Crippen molar-refractivity contribution in [2.45, 2.75) is 26.1 Å². The minimum Gasteiger partial charge on any atom is -0.463 e. The van der Waals surface area contributed by atoms with E-state index in [-0.39, 0.29) is 24.3 Å². The molecule has 2 unspecified atom stereocenters. The van der Waals surface area contributed by atoms with Crippen molar-refractivity contribution in [3.8, 4) is 0 Å². The second kappa shape index (κ2) is 11.7. The number of hydrogen-bond donors (Lipinski definition) is 2. The van der Waals surface area contributed by atoms with Crippen molar-refractivity contribution >= 4 is 23.9 Å². The Labute approximate surface area is 160 Å². The molecule has 1 rings (SSSR count). The molecule has 154 valence electrons. The van der Waals surface area contributed by atoms with Gasteiger partial charge in [-0.1, -0.05) is 12.1 Å². The number of benzene rings is 1. The number of rotatable bonds is 10. The highest BCUT2D eigenvalue weighted by molar-refractivity contribution is 6.03. The van der Waals surface area contributed by atoms with Crippen molar-refractivity contribution in [1.82, 2.24) is 0 Å². The molecule has 2 N–H and O–H groups in total. The van der Waals surface area contributed by atoms with Crippen LogP contribution in [0.4, 0.5) is 0 Å². The highest BCUT2D eigenvalue weighted by Crippen LogP contribution is 2.12. The van der Waals surface area contributed by atoms with Crippen LogP contribution >= 0.6 is 0 Å². The van der Waals surface area contributed by atoms with E-state index in [1.165, 1.54) is 38.1 Å². The summed E-state index contributed by atoms with van der Waals surface area (Å²) < 4.78 is 19.0. The van der Waals surface area contributed by atoms with Crippen molar-refractivity contribution in [2.75, 3.05) is 26.4 Å². The molecule has 28 heavy (non-hydrogen) atoms. The van der Waals surface area contributed by atoms with Crippen LogP contribution in [0.1, 0.15) is 34.6 Å². The first-order chi connectivity index (χ1) is 13.2. The van der Waals surface area contributed by atoms with Crippen LogP contribution in [-0.2, 0) is 28.5 Å². The van der Waals surface area contributed by atoms with Crippen molar-refractivity contribution in [2.24, 2.45) is 0 Å². The van der Waals surface area contributed by atoms with Crippen LogP contribution in [-0.4, -0.2) is 72.7 Å². The molecule has 0 heterocycles. The third kappa shape index (κ3) is 8.60. The van der Waals surface area contributed by atoms with E-state index in [4.69, 9.17) is 9.47 Å². The first-order valence-electron chi connectivity index (χ1n) is 8.26. The average Bonchev–Trinajstić information content (AvgIpc) is 2.66. The zero-order valence-corrected chi connectivity index (χ0v) is 15.5. The summed E-state index contributed by atoms with van der Waals surface area (Å²) in [6.07, 6.45) is -2.44. The molecule has 0 amide bonds. The smallest absolute Gasteiger partial charge is 0.339 e. The van der Waals surface area contributed by atoms with Gasteiger partial charge in [-0.2, -0.15) is 0 Å². The van der Waals surface area contributed by atoms with Crippen LogP contribution in [0.25, 0.3) is 0 Å². The molecule has 10 nitrogen and oxygen atoms in total. The molecule has 0 aromatic heterocycles. The quantitative estimate of drug-likeness (QED) is 0.403. The second-order valence-corrected chi connectivity index (χ2v) is 5.66. The van der Waals surface area contributed by atoms with E-state index in [0.29, 0.717) is 0 Å². The fourth-order valence-corrected chi connectivity index (χ4v) is 1.86. The largest absolute Gasteiger partial charge is 0.463 e. The van der Waals surface area contributed by atoms with Crippen LogP contribution in [0.5, 0.6) is 0 Å². The Balaban J connectivity index is 2.62. The molecule has 1 aromatic carbocycles. The van der Waals surface area contributed by atoms with Crippen molar-refractivity contribution in [3.63, 3.8) is 0 Å². The van der Waals surface area contributed by atoms with Crippen LogP contribution in [0, 0.1) is 0 Å². The highest BCUT2D eigenvalue weighted by Gasteiger charge is 2.21. The molecule has 0 bridgehead atoms. The zero-order chi connectivity index (χ0) is 21.1. The first kappa shape index (κ1) is 23.1. The summed E-state index contributed by atoms with van der Waals surface area (Å²) in [6.45, 7) is 0.764. The van der Waals surface area contributed by atoms with Crippen LogP contribution < -0.4 is 0 Å². The summed E-state index contributed by atoms with van der Waals surface area (Å²) >= 11 is 0. The monoisotopic (exact) mass is 398 g/mol. The number of aliphatic hydroxyl groups is 2. The van der Waals surface area contributed by atoms with Gasteiger partial charge >= 0.3 is 23.9 Å². The van der Waals surface area contributed by atoms with E-state index in [9.17, 15) is 29.4 Å². The van der Waals surface area contributed by atoms with E-state index < -0.39 is 49.3 Å². The molecule has 0 saturated carbocycles. The fraction of sp³-hybridized carbons (Fsp3) is 0.444. The van der Waals surface area contributed by atoms with Gasteiger partial charge in [-0.15, -0.1) is 0 Å². The maximum Gasteiger partial charge on any atom is 0.339 e. The molecule has 0 aliphatic heterocycles. The Bertz CT molecular complexity index is 640. The molecule has 0 radical (unpaired) electrons. The topological polar surface area (TPSA) is 146 Å². The molecule has 0 fully saturated rings. The number of ether oxygens (including phenoxy) is 4. The SMILES string of the molecule is CC(=O)OCC(O)COC(=O)c1ccccc1C(=O)OCC(O)COC(C)=O. The summed E-state index contributed by atoms with van der Waals surface area (Å²) in [5.41, 5.74) is -0.219. The van der Waals surface area contributed by atoms with Gasteiger partial charge in [0.05, 0.1) is 11.1 Å². The highest BCUT2D eigenvalue weighted by atomic mass is 16.6. The van der Waals surface area contributed by atoms with E-state index in [1.807, 2.05) is 0 Å². The number of aliphatic hydroxyl groups excluding tert-OH is 2. The van der Waals surface area contributed by atoms with Gasteiger partial charge in [0.2, 0.25) is 0 Å². The summed E-state index contributed by atoms with van der Waals surface area (Å²) in [5.74, 6) is -2.96. The lowest BCUT2D eigenvalue weighted by Gasteiger charge is -2.14. The van der Waals surface area contributed by atoms with E-state index in [0.717, 1.165) is 0 Å². The van der Waals surface area contributed by atoms with E-state index in [1.54, 1.807) is 0 Å². The summed E-state index contributed by atoms with van der Waals surface area (Å²) in [6, 6.07) is 5.65. The Hall–Kier alpha value is -2.98. The van der Waals surface area contributed by atoms with E-state index in [2.05, 4.69) is 9.47 Å². The lowest BCUT2D eigenvalue weighted by Crippen LogP contribution is -2.26. The molecular weight excluding hydrogens is 376 g/mol. The van der Waals surface area contributed by atoms with Gasteiger partial charge in [-0.25, -0.2) is 9.59 Å². The predicted octanol–water partition coefficient (Wildman–Crippen LogP) is -0.152. The Morgan fingerprint density at radius 3 is 1.36 bits per heavy atom. The summed E-state index contributed by atoms with van der Waals surface area (Å²) in [4.78, 5) is 45.7. The number of carbonyl (C=O) groups excluding carboxylic acids is 4. The van der Waals surface area contributed by atoms with Crippen LogP contribution in [0.3, 0.4) is 0 Å². The molecule has 10 heteroatoms.